The van der Waals surface area contributed by atoms with Crippen LogP contribution >= 0.6 is 11.6 Å². The number of rotatable bonds is 4. The van der Waals surface area contributed by atoms with Gasteiger partial charge in [-0.3, -0.25) is 0 Å². The number of halogens is 3. The standard InChI is InChI=1S/C15H13ClF2N2O2/c16-10-3-1-2-9(6-10)14(21)8-19-15(22)20-11-4-5-12(17)13(18)7-11/h1-7,14,21H,8H2,(H2,19,20,22)/t14-/m0/s1. The van der Waals surface area contributed by atoms with E-state index in [2.05, 4.69) is 10.6 Å². The number of nitrogens with one attached hydrogen (secondary N) is 2. The minimum Gasteiger partial charge on any atom is -0.387 e. The van der Waals surface area contributed by atoms with E-state index in [1.165, 1.54) is 6.07 Å². The van der Waals surface area contributed by atoms with Crippen molar-refractivity contribution in [3.05, 3.63) is 64.7 Å². The molecule has 0 aromatic heterocycles. The highest BCUT2D eigenvalue weighted by Gasteiger charge is 2.10. The molecule has 3 N–H and O–H groups in total. The van der Waals surface area contributed by atoms with Gasteiger partial charge in [0.25, 0.3) is 0 Å². The zero-order valence-corrected chi connectivity index (χ0v) is 12.1. The number of amides is 2. The van der Waals surface area contributed by atoms with Crippen molar-refractivity contribution in [3.63, 3.8) is 0 Å². The first kappa shape index (κ1) is 16.2. The van der Waals surface area contributed by atoms with Gasteiger partial charge in [-0.05, 0) is 29.8 Å². The van der Waals surface area contributed by atoms with Crippen LogP contribution in [0.15, 0.2) is 42.5 Å². The molecule has 0 saturated heterocycles. The number of hydrogen-bond donors (Lipinski definition) is 3. The van der Waals surface area contributed by atoms with Crippen LogP contribution in [0.2, 0.25) is 5.02 Å². The molecule has 0 heterocycles. The summed E-state index contributed by atoms with van der Waals surface area (Å²) in [5.41, 5.74) is 0.661. The first-order valence-corrected chi connectivity index (χ1v) is 6.77. The molecule has 0 aliphatic heterocycles. The first-order valence-electron chi connectivity index (χ1n) is 6.39. The molecule has 2 rings (SSSR count). The minimum absolute atomic E-state index is 0.0597. The molecule has 7 heteroatoms. The summed E-state index contributed by atoms with van der Waals surface area (Å²) < 4.78 is 25.8. The zero-order chi connectivity index (χ0) is 16.1. The maximum absolute atomic E-state index is 13.0. The highest BCUT2D eigenvalue weighted by molar-refractivity contribution is 6.30. The summed E-state index contributed by atoms with van der Waals surface area (Å²) in [4.78, 5) is 11.6. The van der Waals surface area contributed by atoms with Crippen LogP contribution in [-0.2, 0) is 0 Å². The molecule has 2 aromatic rings. The van der Waals surface area contributed by atoms with Crippen molar-refractivity contribution in [2.24, 2.45) is 0 Å². The molecule has 0 saturated carbocycles. The summed E-state index contributed by atoms with van der Waals surface area (Å²) in [6, 6.07) is 8.96. The van der Waals surface area contributed by atoms with Gasteiger partial charge in [-0.1, -0.05) is 23.7 Å². The van der Waals surface area contributed by atoms with Crippen molar-refractivity contribution >= 4 is 23.3 Å². The largest absolute Gasteiger partial charge is 0.387 e. The van der Waals surface area contributed by atoms with Crippen LogP contribution in [0.1, 0.15) is 11.7 Å². The Bertz CT molecular complexity index is 682. The Morgan fingerprint density at radius 2 is 1.95 bits per heavy atom. The van der Waals surface area contributed by atoms with Crippen LogP contribution in [0.4, 0.5) is 19.3 Å². The summed E-state index contributed by atoms with van der Waals surface area (Å²) in [6.07, 6.45) is -0.936. The minimum atomic E-state index is -1.06. The SMILES string of the molecule is O=C(NC[C@H](O)c1cccc(Cl)c1)Nc1ccc(F)c(F)c1. The Morgan fingerprint density at radius 1 is 1.18 bits per heavy atom. The Balaban J connectivity index is 1.88. The van der Waals surface area contributed by atoms with E-state index in [0.717, 1.165) is 12.1 Å². The topological polar surface area (TPSA) is 61.4 Å². The zero-order valence-electron chi connectivity index (χ0n) is 11.3. The second-order valence-corrected chi connectivity index (χ2v) is 4.97. The molecular formula is C15H13ClF2N2O2. The van der Waals surface area contributed by atoms with Crippen molar-refractivity contribution in [2.45, 2.75) is 6.10 Å². The van der Waals surface area contributed by atoms with Crippen molar-refractivity contribution in [1.29, 1.82) is 0 Å². The normalized spacial score (nSPS) is 11.8. The van der Waals surface area contributed by atoms with Gasteiger partial charge in [-0.2, -0.15) is 0 Å². The smallest absolute Gasteiger partial charge is 0.319 e. The maximum Gasteiger partial charge on any atom is 0.319 e. The van der Waals surface area contributed by atoms with E-state index in [9.17, 15) is 18.7 Å². The molecule has 2 aromatic carbocycles. The summed E-state index contributed by atoms with van der Waals surface area (Å²) in [7, 11) is 0. The fourth-order valence-electron chi connectivity index (χ4n) is 1.77. The molecule has 2 amide bonds. The molecule has 0 unspecified atom stereocenters. The van der Waals surface area contributed by atoms with Gasteiger partial charge < -0.3 is 15.7 Å². The van der Waals surface area contributed by atoms with Gasteiger partial charge >= 0.3 is 6.03 Å². The van der Waals surface area contributed by atoms with Crippen molar-refractivity contribution in [2.75, 3.05) is 11.9 Å². The number of anilines is 1. The van der Waals surface area contributed by atoms with Gasteiger partial charge in [0.15, 0.2) is 11.6 Å². The predicted molar refractivity (Wildman–Crippen MR) is 79.8 cm³/mol. The lowest BCUT2D eigenvalue weighted by Crippen LogP contribution is -2.32. The van der Waals surface area contributed by atoms with Crippen LogP contribution in [-0.4, -0.2) is 17.7 Å². The predicted octanol–water partition coefficient (Wildman–Crippen LogP) is 3.47. The summed E-state index contributed by atoms with van der Waals surface area (Å²) in [5, 5.41) is 15.2. The van der Waals surface area contributed by atoms with E-state index in [0.29, 0.717) is 10.6 Å². The Labute approximate surface area is 130 Å². The van der Waals surface area contributed by atoms with E-state index >= 15 is 0 Å². The van der Waals surface area contributed by atoms with Gasteiger partial charge in [0.2, 0.25) is 0 Å². The van der Waals surface area contributed by atoms with Gasteiger partial charge in [0, 0.05) is 23.3 Å². The average molecular weight is 327 g/mol. The third kappa shape index (κ3) is 4.41. The van der Waals surface area contributed by atoms with Crippen LogP contribution < -0.4 is 10.6 Å². The molecule has 0 spiro atoms. The van der Waals surface area contributed by atoms with E-state index < -0.39 is 23.8 Å². The van der Waals surface area contributed by atoms with E-state index in [4.69, 9.17) is 11.6 Å². The second-order valence-electron chi connectivity index (χ2n) is 4.53. The van der Waals surface area contributed by atoms with Gasteiger partial charge in [0.05, 0.1) is 6.10 Å². The van der Waals surface area contributed by atoms with Crippen molar-refractivity contribution < 1.29 is 18.7 Å². The maximum atomic E-state index is 13.0. The van der Waals surface area contributed by atoms with E-state index in [-0.39, 0.29) is 12.2 Å². The van der Waals surface area contributed by atoms with Crippen molar-refractivity contribution in [3.8, 4) is 0 Å². The summed E-state index contributed by atoms with van der Waals surface area (Å²) in [5.74, 6) is -2.06. The summed E-state index contributed by atoms with van der Waals surface area (Å²) >= 11 is 5.81. The number of aliphatic hydroxyl groups excluding tert-OH is 1. The van der Waals surface area contributed by atoms with Crippen LogP contribution in [0.3, 0.4) is 0 Å². The van der Waals surface area contributed by atoms with Crippen LogP contribution in [0.25, 0.3) is 0 Å². The highest BCUT2D eigenvalue weighted by atomic mass is 35.5. The molecule has 0 fully saturated rings. The van der Waals surface area contributed by atoms with Crippen LogP contribution in [0, 0.1) is 11.6 Å². The van der Waals surface area contributed by atoms with E-state index in [1.807, 2.05) is 0 Å². The molecule has 0 bridgehead atoms. The molecule has 1 atom stereocenters. The number of urea groups is 1. The average Bonchev–Trinajstić information content (AvgIpc) is 2.48. The van der Waals surface area contributed by atoms with Crippen molar-refractivity contribution in [1.82, 2.24) is 5.32 Å². The Kier molecular flexibility index (Phi) is 5.30. The number of benzene rings is 2. The molecule has 0 radical (unpaired) electrons. The third-order valence-corrected chi connectivity index (χ3v) is 3.10. The molecular weight excluding hydrogens is 314 g/mol. The molecule has 22 heavy (non-hydrogen) atoms. The van der Waals surface area contributed by atoms with Crippen LogP contribution in [0.5, 0.6) is 0 Å². The number of hydrogen-bond acceptors (Lipinski definition) is 2. The lowest BCUT2D eigenvalue weighted by atomic mass is 10.1. The quantitative estimate of drug-likeness (QED) is 0.805. The lowest BCUT2D eigenvalue weighted by Gasteiger charge is -2.13. The molecule has 4 nitrogen and oxygen atoms in total. The summed E-state index contributed by atoms with van der Waals surface area (Å²) in [6.45, 7) is -0.0597. The first-order chi connectivity index (χ1) is 10.5. The monoisotopic (exact) mass is 326 g/mol. The number of carbonyl (C=O) groups is 1. The number of aliphatic hydroxyl groups is 1. The second kappa shape index (κ2) is 7.20. The van der Waals surface area contributed by atoms with E-state index in [1.54, 1.807) is 24.3 Å². The van der Waals surface area contributed by atoms with Gasteiger partial charge in [0.1, 0.15) is 0 Å². The fourth-order valence-corrected chi connectivity index (χ4v) is 1.97. The van der Waals surface area contributed by atoms with Gasteiger partial charge in [-0.25, -0.2) is 13.6 Å². The van der Waals surface area contributed by atoms with Gasteiger partial charge in [-0.15, -0.1) is 0 Å². The molecule has 0 aliphatic rings. The molecule has 0 aliphatic carbocycles. The Hall–Kier alpha value is -2.18. The Morgan fingerprint density at radius 3 is 2.64 bits per heavy atom. The third-order valence-electron chi connectivity index (χ3n) is 2.87. The number of carbonyl (C=O) groups excluding carboxylic acids is 1. The highest BCUT2D eigenvalue weighted by Crippen LogP contribution is 2.17. The fraction of sp³-hybridized carbons (Fsp3) is 0.133. The molecule has 116 valence electrons. The lowest BCUT2D eigenvalue weighted by molar-refractivity contribution is 0.175.